The number of fused-ring (bicyclic) bond motifs is 2. The number of ether oxygens (including phenoxy) is 1. The van der Waals surface area contributed by atoms with Gasteiger partial charge in [-0.05, 0) is 71.3 Å². The molecule has 0 saturated carbocycles. The monoisotopic (exact) mass is 551 g/mol. The summed E-state index contributed by atoms with van der Waals surface area (Å²) in [5.74, 6) is -0.322. The molecule has 1 aliphatic carbocycles. The number of aryl methyl sites for hydroxylation is 1. The zero-order valence-corrected chi connectivity index (χ0v) is 22.7. The van der Waals surface area contributed by atoms with Gasteiger partial charge < -0.3 is 9.30 Å². The highest BCUT2D eigenvalue weighted by atomic mass is 32.2. The molecule has 0 radical (unpaired) electrons. The van der Waals surface area contributed by atoms with Crippen molar-refractivity contribution in [2.45, 2.75) is 43.2 Å². The summed E-state index contributed by atoms with van der Waals surface area (Å²) in [7, 11) is -4.13. The molecule has 1 heterocycles. The summed E-state index contributed by atoms with van der Waals surface area (Å²) >= 11 is 0. The van der Waals surface area contributed by atoms with Crippen molar-refractivity contribution >= 4 is 26.7 Å². The molecule has 0 saturated heterocycles. The summed E-state index contributed by atoms with van der Waals surface area (Å²) in [4.78, 5) is 18.0. The van der Waals surface area contributed by atoms with Gasteiger partial charge in [0.15, 0.2) is 0 Å². The predicted molar refractivity (Wildman–Crippen MR) is 154 cm³/mol. The minimum absolute atomic E-state index is 0.0362. The van der Waals surface area contributed by atoms with Gasteiger partial charge in [0.1, 0.15) is 11.9 Å². The van der Waals surface area contributed by atoms with Gasteiger partial charge in [-0.25, -0.2) is 18.1 Å². The fourth-order valence-electron chi connectivity index (χ4n) is 5.34. The van der Waals surface area contributed by atoms with Crippen LogP contribution in [-0.4, -0.2) is 23.9 Å². The van der Waals surface area contributed by atoms with Crippen LogP contribution in [0.1, 0.15) is 46.0 Å². The topological polar surface area (TPSA) is 90.3 Å². The number of sulfonamides is 1. The van der Waals surface area contributed by atoms with Gasteiger partial charge >= 0.3 is 0 Å². The number of imidazole rings is 1. The molecule has 5 aromatic rings. The lowest BCUT2D eigenvalue weighted by Crippen LogP contribution is -2.32. The molecule has 8 heteroatoms. The Hall–Kier alpha value is -4.43. The van der Waals surface area contributed by atoms with Gasteiger partial charge in [-0.3, -0.25) is 4.79 Å². The molecule has 0 aliphatic heterocycles. The number of nitrogens with one attached hydrogen (secondary N) is 1. The van der Waals surface area contributed by atoms with Crippen LogP contribution in [0.15, 0.2) is 109 Å². The number of hydrogen-bond acceptors (Lipinski definition) is 5. The van der Waals surface area contributed by atoms with Gasteiger partial charge in [-0.15, -0.1) is 0 Å². The molecule has 1 N–H and O–H groups in total. The zero-order valence-electron chi connectivity index (χ0n) is 21.9. The quantitative estimate of drug-likeness (QED) is 0.261. The first-order chi connectivity index (χ1) is 19.5. The van der Waals surface area contributed by atoms with Crippen molar-refractivity contribution in [3.63, 3.8) is 0 Å². The summed E-state index contributed by atoms with van der Waals surface area (Å²) in [6, 6.07) is 25.9. The second-order valence-electron chi connectivity index (χ2n) is 10.0. The van der Waals surface area contributed by atoms with Crippen LogP contribution >= 0.6 is 0 Å². The predicted octanol–water partition coefficient (Wildman–Crippen LogP) is 5.85. The molecule has 1 aromatic heterocycles. The van der Waals surface area contributed by atoms with Crippen molar-refractivity contribution in [1.82, 2.24) is 14.3 Å². The van der Waals surface area contributed by atoms with Gasteiger partial charge in [0.25, 0.3) is 15.9 Å². The van der Waals surface area contributed by atoms with Crippen molar-refractivity contribution in [1.29, 1.82) is 0 Å². The Balaban J connectivity index is 1.37. The molecule has 0 fully saturated rings. The third kappa shape index (κ3) is 5.35. The molecule has 6 rings (SSSR count). The zero-order chi connectivity index (χ0) is 27.5. The fraction of sp³-hybridized carbons (Fsp3) is 0.188. The molecule has 202 valence electrons. The molecule has 1 atom stereocenters. The van der Waals surface area contributed by atoms with Gasteiger partial charge in [0, 0.05) is 12.4 Å². The Morgan fingerprint density at radius 3 is 2.50 bits per heavy atom. The van der Waals surface area contributed by atoms with E-state index in [1.165, 1.54) is 6.07 Å². The number of hydrogen-bond donors (Lipinski definition) is 1. The Labute approximate surface area is 233 Å². The van der Waals surface area contributed by atoms with E-state index in [-0.39, 0.29) is 10.5 Å². The Morgan fingerprint density at radius 2 is 1.70 bits per heavy atom. The van der Waals surface area contributed by atoms with E-state index in [4.69, 9.17) is 4.74 Å². The van der Waals surface area contributed by atoms with Crippen LogP contribution in [-0.2, 0) is 29.4 Å². The summed E-state index contributed by atoms with van der Waals surface area (Å²) in [5.41, 5.74) is 3.12. The lowest BCUT2D eigenvalue weighted by Gasteiger charge is -2.25. The van der Waals surface area contributed by atoms with Crippen LogP contribution in [0.3, 0.4) is 0 Å². The van der Waals surface area contributed by atoms with E-state index < -0.39 is 22.0 Å². The fourth-order valence-corrected chi connectivity index (χ4v) is 6.33. The number of benzene rings is 4. The lowest BCUT2D eigenvalue weighted by atomic mass is 9.87. The van der Waals surface area contributed by atoms with Gasteiger partial charge in [0.2, 0.25) is 0 Å². The minimum atomic E-state index is -4.13. The molecular formula is C32H29N3O4S. The molecule has 0 bridgehead atoms. The van der Waals surface area contributed by atoms with E-state index in [1.807, 2.05) is 71.4 Å². The van der Waals surface area contributed by atoms with Crippen LogP contribution in [0.2, 0.25) is 0 Å². The average Bonchev–Trinajstić information content (AvgIpc) is 3.50. The van der Waals surface area contributed by atoms with E-state index in [0.29, 0.717) is 18.7 Å². The standard InChI is InChI=1S/C32H29N3O4S/c36-32(34-40(37,38)27-16-14-23-8-4-5-12-26(23)20-27)31-28-13-7-6-9-24(28)15-17-29(31)39-30(21-35-19-18-33-22-35)25-10-2-1-3-11-25/h1-5,8,10-12,14-20,22,30H,6-7,9,13,21H2,(H,34,36)/t30-/m1/s1. The maximum absolute atomic E-state index is 13.8. The van der Waals surface area contributed by atoms with Crippen LogP contribution in [0, 0.1) is 0 Å². The molecule has 4 aromatic carbocycles. The largest absolute Gasteiger partial charge is 0.483 e. The Bertz CT molecular complexity index is 1770. The second-order valence-corrected chi connectivity index (χ2v) is 11.7. The highest BCUT2D eigenvalue weighted by molar-refractivity contribution is 7.90. The molecular weight excluding hydrogens is 522 g/mol. The SMILES string of the molecule is O=C(NS(=O)(=O)c1ccc2ccccc2c1)c1c(O[C@H](Cn2ccnc2)c2ccccc2)ccc2c1CCCC2. The van der Waals surface area contributed by atoms with E-state index in [2.05, 4.69) is 9.71 Å². The molecule has 0 spiro atoms. The van der Waals surface area contributed by atoms with Crippen LogP contribution < -0.4 is 9.46 Å². The number of aromatic nitrogens is 2. The highest BCUT2D eigenvalue weighted by Gasteiger charge is 2.28. The first-order valence-electron chi connectivity index (χ1n) is 13.4. The normalized spacial score (nSPS) is 13.9. The number of rotatable bonds is 8. The summed E-state index contributed by atoms with van der Waals surface area (Å²) in [6.45, 7) is 0.470. The summed E-state index contributed by atoms with van der Waals surface area (Å²) in [6.07, 6.45) is 8.32. The maximum Gasteiger partial charge on any atom is 0.269 e. The number of amides is 1. The Morgan fingerprint density at radius 1 is 0.925 bits per heavy atom. The number of carbonyl (C=O) groups is 1. The second kappa shape index (κ2) is 11.0. The average molecular weight is 552 g/mol. The molecule has 1 aliphatic rings. The molecule has 40 heavy (non-hydrogen) atoms. The van der Waals surface area contributed by atoms with Crippen LogP contribution in [0.5, 0.6) is 5.75 Å². The van der Waals surface area contributed by atoms with Crippen molar-refractivity contribution in [3.05, 3.63) is 126 Å². The van der Waals surface area contributed by atoms with Crippen LogP contribution in [0.25, 0.3) is 10.8 Å². The van der Waals surface area contributed by atoms with Crippen molar-refractivity contribution in [2.75, 3.05) is 0 Å². The summed E-state index contributed by atoms with van der Waals surface area (Å²) < 4.78 is 37.6. The number of nitrogens with zero attached hydrogens (tertiary/aromatic N) is 2. The smallest absolute Gasteiger partial charge is 0.269 e. The number of carbonyl (C=O) groups excluding carboxylic acids is 1. The van der Waals surface area contributed by atoms with E-state index >= 15 is 0 Å². The van der Waals surface area contributed by atoms with E-state index in [9.17, 15) is 13.2 Å². The van der Waals surface area contributed by atoms with Crippen molar-refractivity contribution < 1.29 is 17.9 Å². The molecule has 1 amide bonds. The minimum Gasteiger partial charge on any atom is -0.483 e. The van der Waals surface area contributed by atoms with Gasteiger partial charge in [0.05, 0.1) is 23.3 Å². The van der Waals surface area contributed by atoms with Crippen LogP contribution in [0.4, 0.5) is 0 Å². The maximum atomic E-state index is 13.8. The van der Waals surface area contributed by atoms with Gasteiger partial charge in [-0.2, -0.15) is 0 Å². The third-order valence-electron chi connectivity index (χ3n) is 7.36. The van der Waals surface area contributed by atoms with Gasteiger partial charge in [-0.1, -0.05) is 66.7 Å². The van der Waals surface area contributed by atoms with E-state index in [0.717, 1.165) is 46.7 Å². The highest BCUT2D eigenvalue weighted by Crippen LogP contribution is 2.34. The Kier molecular flexibility index (Phi) is 7.09. The first kappa shape index (κ1) is 25.8. The molecule has 0 unspecified atom stereocenters. The van der Waals surface area contributed by atoms with Crippen molar-refractivity contribution in [3.8, 4) is 5.75 Å². The molecule has 7 nitrogen and oxygen atoms in total. The third-order valence-corrected chi connectivity index (χ3v) is 8.69. The summed E-state index contributed by atoms with van der Waals surface area (Å²) in [5, 5.41) is 1.70. The van der Waals surface area contributed by atoms with E-state index in [1.54, 1.807) is 30.7 Å². The first-order valence-corrected chi connectivity index (χ1v) is 14.8. The lowest BCUT2D eigenvalue weighted by molar-refractivity contribution is 0.0970. The van der Waals surface area contributed by atoms with Crippen molar-refractivity contribution in [2.24, 2.45) is 0 Å².